The zero-order valence-electron chi connectivity index (χ0n) is 25.1. The Morgan fingerprint density at radius 3 is 1.45 bits per heavy atom. The van der Waals surface area contributed by atoms with Crippen LogP contribution in [-0.4, -0.2) is 53.7 Å². The summed E-state index contributed by atoms with van der Waals surface area (Å²) in [5, 5.41) is 0. The Morgan fingerprint density at radius 2 is 1.09 bits per heavy atom. The summed E-state index contributed by atoms with van der Waals surface area (Å²) in [5.41, 5.74) is -0.258. The third kappa shape index (κ3) is 3.80. The van der Waals surface area contributed by atoms with Crippen LogP contribution in [0.1, 0.15) is 34.6 Å². The van der Waals surface area contributed by atoms with Crippen LogP contribution in [0.2, 0.25) is 0 Å². The van der Waals surface area contributed by atoms with Gasteiger partial charge in [0.15, 0.2) is 0 Å². The van der Waals surface area contributed by atoms with E-state index in [1.807, 2.05) is 13.8 Å². The van der Waals surface area contributed by atoms with Crippen molar-refractivity contribution in [2.24, 2.45) is 29.1 Å². The first-order valence-electron chi connectivity index (χ1n) is 14.8. The number of hydrogen-bond acceptors (Lipinski definition) is 8. The summed E-state index contributed by atoms with van der Waals surface area (Å²) < 4.78 is 15.0. The molecule has 4 atom stereocenters. The fourth-order valence-corrected chi connectivity index (χ4v) is 9.07. The zero-order valence-corrected chi connectivity index (χ0v) is 26.7. The molecule has 2 heterocycles. The summed E-state index contributed by atoms with van der Waals surface area (Å²) in [5.74, 6) is -5.92. The van der Waals surface area contributed by atoms with E-state index in [0.29, 0.717) is 41.7 Å². The van der Waals surface area contributed by atoms with E-state index in [0.717, 1.165) is 9.80 Å². The number of imide groups is 2. The van der Waals surface area contributed by atoms with Gasteiger partial charge in [0.25, 0.3) is 0 Å². The van der Waals surface area contributed by atoms with Gasteiger partial charge < -0.3 is 14.2 Å². The van der Waals surface area contributed by atoms with Crippen LogP contribution in [0.25, 0.3) is 0 Å². The molecular formula is C33H33BrN2O8. The highest BCUT2D eigenvalue weighted by molar-refractivity contribution is 9.10. The molecule has 2 aliphatic heterocycles. The van der Waals surface area contributed by atoms with E-state index in [9.17, 15) is 24.0 Å². The number of halogens is 1. The molecule has 5 aliphatic rings. The number of ether oxygens (including phenoxy) is 3. The number of amides is 4. The van der Waals surface area contributed by atoms with Crippen molar-refractivity contribution >= 4 is 56.9 Å². The quantitative estimate of drug-likeness (QED) is 0.231. The van der Waals surface area contributed by atoms with Gasteiger partial charge in [0.1, 0.15) is 11.5 Å². The van der Waals surface area contributed by atoms with Crippen LogP contribution in [0, 0.1) is 29.1 Å². The molecule has 0 spiro atoms. The van der Waals surface area contributed by atoms with Crippen molar-refractivity contribution < 1.29 is 38.2 Å². The summed E-state index contributed by atoms with van der Waals surface area (Å²) >= 11 is 3.79. The largest absolute Gasteiger partial charge is 0.494 e. The van der Waals surface area contributed by atoms with E-state index < -0.39 is 63.0 Å². The number of allylic oxidation sites excluding steroid dienone is 1. The molecule has 7 rings (SSSR count). The molecule has 2 bridgehead atoms. The zero-order chi connectivity index (χ0) is 31.7. The number of esters is 1. The summed E-state index contributed by atoms with van der Waals surface area (Å²) in [6.45, 7) is 9.69. The second kappa shape index (κ2) is 10.6. The van der Waals surface area contributed by atoms with Gasteiger partial charge in [-0.1, -0.05) is 22.9 Å². The van der Waals surface area contributed by atoms with Crippen LogP contribution in [0.5, 0.6) is 11.5 Å². The first-order chi connectivity index (χ1) is 21.0. The molecule has 4 unspecified atom stereocenters. The molecule has 0 radical (unpaired) electrons. The minimum absolute atomic E-state index is 0.0690. The lowest BCUT2D eigenvalue weighted by Gasteiger charge is -2.59. The molecule has 11 heteroatoms. The van der Waals surface area contributed by atoms with Crippen molar-refractivity contribution in [2.75, 3.05) is 29.6 Å². The van der Waals surface area contributed by atoms with Gasteiger partial charge >= 0.3 is 5.97 Å². The maximum atomic E-state index is 14.4. The summed E-state index contributed by atoms with van der Waals surface area (Å²) in [4.78, 5) is 73.4. The highest BCUT2D eigenvalue weighted by atomic mass is 79.9. The first kappa shape index (κ1) is 30.1. The van der Waals surface area contributed by atoms with Gasteiger partial charge in [0.2, 0.25) is 23.6 Å². The third-order valence-corrected chi connectivity index (χ3v) is 11.2. The Kier molecular flexibility index (Phi) is 7.22. The highest BCUT2D eigenvalue weighted by Gasteiger charge is 2.81. The van der Waals surface area contributed by atoms with Gasteiger partial charge in [-0.05, 0) is 81.8 Å². The number of hydrogen-bond donors (Lipinski definition) is 0. The van der Waals surface area contributed by atoms with Gasteiger partial charge in [-0.3, -0.25) is 19.2 Å². The van der Waals surface area contributed by atoms with Gasteiger partial charge in [0.05, 0.1) is 59.2 Å². The average molecular weight is 666 g/mol. The Balaban J connectivity index is 1.51. The average Bonchev–Trinajstić information content (AvgIpc) is 3.43. The van der Waals surface area contributed by atoms with Crippen LogP contribution in [0.15, 0.2) is 59.7 Å². The van der Waals surface area contributed by atoms with Crippen LogP contribution in [0.3, 0.4) is 0 Å². The lowest BCUT2D eigenvalue weighted by Crippen LogP contribution is -2.67. The molecule has 2 aromatic carbocycles. The maximum absolute atomic E-state index is 14.4. The molecule has 2 aromatic rings. The Hall–Kier alpha value is -3.99. The summed E-state index contributed by atoms with van der Waals surface area (Å²) in [6.07, 6.45) is 0. The van der Waals surface area contributed by atoms with Gasteiger partial charge in [-0.2, -0.15) is 0 Å². The monoisotopic (exact) mass is 664 g/mol. The minimum Gasteiger partial charge on any atom is -0.494 e. The maximum Gasteiger partial charge on any atom is 0.334 e. The van der Waals surface area contributed by atoms with Gasteiger partial charge in [0, 0.05) is 11.0 Å². The first-order valence-corrected chi connectivity index (χ1v) is 15.6. The lowest BCUT2D eigenvalue weighted by atomic mass is 9.43. The van der Waals surface area contributed by atoms with Gasteiger partial charge in [-0.15, -0.1) is 0 Å². The number of carbonyl (C=O) groups is 5. The van der Waals surface area contributed by atoms with E-state index in [1.54, 1.807) is 69.3 Å². The number of nitrogens with zero attached hydrogens (tertiary/aromatic N) is 2. The van der Waals surface area contributed by atoms with E-state index in [4.69, 9.17) is 14.2 Å². The SMILES string of the molecule is CCOC(=O)C1=C(C)C2(Br)C3C(=O)N(c4ccc(OCC)cc4)C(=O)C3C1(C)C1C(=O)N(c3ccc(OCC)cc3)C(=O)C12. The normalized spacial score (nSPS) is 30.6. The second-order valence-electron chi connectivity index (χ2n) is 11.6. The molecule has 0 aromatic heterocycles. The molecule has 3 aliphatic carbocycles. The standard InChI is InChI=1S/C33H33BrN2O8/c1-6-42-20-13-9-18(10-14-20)35-27(37)23-25(29(35)39)33(34)17(4)22(31(41)44-8-3)32(23,5)24-26(33)30(40)36(28(24)38)19-11-15-21(16-12-19)43-7-2/h9-16,23-26H,6-8H2,1-5H3. The van der Waals surface area contributed by atoms with Crippen molar-refractivity contribution in [3.8, 4) is 11.5 Å². The van der Waals surface area contributed by atoms with Crippen molar-refractivity contribution in [3.05, 3.63) is 59.7 Å². The molecular weight excluding hydrogens is 632 g/mol. The van der Waals surface area contributed by atoms with Gasteiger partial charge in [-0.25, -0.2) is 14.6 Å². The number of alkyl halides is 1. The fourth-order valence-electron chi connectivity index (χ4n) is 7.96. The third-order valence-electron chi connectivity index (χ3n) is 9.59. The summed E-state index contributed by atoms with van der Waals surface area (Å²) in [7, 11) is 0. The minimum atomic E-state index is -1.51. The number of carbonyl (C=O) groups excluding carboxylic acids is 5. The number of benzene rings is 2. The molecule has 1 saturated carbocycles. The van der Waals surface area contributed by atoms with E-state index in [-0.39, 0.29) is 12.2 Å². The summed E-state index contributed by atoms with van der Waals surface area (Å²) in [6, 6.07) is 13.2. The molecule has 2 saturated heterocycles. The molecule has 44 heavy (non-hydrogen) atoms. The fraction of sp³-hybridized carbons (Fsp3) is 0.424. The highest BCUT2D eigenvalue weighted by Crippen LogP contribution is 2.72. The van der Waals surface area contributed by atoms with Crippen LogP contribution < -0.4 is 19.3 Å². The second-order valence-corrected chi connectivity index (χ2v) is 12.9. The molecule has 10 nitrogen and oxygen atoms in total. The number of anilines is 2. The van der Waals surface area contributed by atoms with Crippen molar-refractivity contribution in [2.45, 2.75) is 38.9 Å². The van der Waals surface area contributed by atoms with Crippen LogP contribution in [-0.2, 0) is 28.7 Å². The van der Waals surface area contributed by atoms with Crippen molar-refractivity contribution in [3.63, 3.8) is 0 Å². The molecule has 230 valence electrons. The Morgan fingerprint density at radius 1 is 0.705 bits per heavy atom. The predicted molar refractivity (Wildman–Crippen MR) is 163 cm³/mol. The molecule has 4 amide bonds. The lowest BCUT2D eigenvalue weighted by molar-refractivity contribution is -0.152. The van der Waals surface area contributed by atoms with Crippen molar-refractivity contribution in [1.82, 2.24) is 0 Å². The number of rotatable bonds is 8. The Bertz CT molecular complexity index is 1520. The van der Waals surface area contributed by atoms with Crippen LogP contribution in [0.4, 0.5) is 11.4 Å². The van der Waals surface area contributed by atoms with E-state index in [1.165, 1.54) is 0 Å². The molecule has 3 fully saturated rings. The van der Waals surface area contributed by atoms with E-state index >= 15 is 0 Å². The van der Waals surface area contributed by atoms with E-state index in [2.05, 4.69) is 15.9 Å². The van der Waals surface area contributed by atoms with Crippen LogP contribution >= 0.6 is 15.9 Å². The predicted octanol–water partition coefficient (Wildman–Crippen LogP) is 4.44. The Labute approximate surface area is 263 Å². The smallest absolute Gasteiger partial charge is 0.334 e. The topological polar surface area (TPSA) is 120 Å². The van der Waals surface area contributed by atoms with Crippen molar-refractivity contribution in [1.29, 1.82) is 0 Å². The molecule has 0 N–H and O–H groups in total.